The number of carboxylic acid groups (broad SMARTS) is 2. The molecule has 0 aliphatic carbocycles. The van der Waals surface area contributed by atoms with E-state index in [1.165, 1.54) is 18.3 Å². The number of aliphatic carboxylic acids is 2. The number of nitrogens with two attached hydrogens (primary N) is 2. The molecule has 45 heavy (non-hydrogen) atoms. The van der Waals surface area contributed by atoms with E-state index in [4.69, 9.17) is 56.5 Å². The third kappa shape index (κ3) is 7.74. The number of hydrogen-bond donors (Lipinski definition) is 7. The lowest BCUT2D eigenvalue weighted by atomic mass is 10.0. The molecule has 2 atom stereocenters. The number of carboxylic acids is 2. The minimum atomic E-state index is -1.17. The zero-order chi connectivity index (χ0) is 32.8. The third-order valence-electron chi connectivity index (χ3n) is 6.84. The molecule has 0 saturated carbocycles. The maximum absolute atomic E-state index is 11.0. The van der Waals surface area contributed by atoms with Crippen LogP contribution in [0.15, 0.2) is 73.2 Å². The first kappa shape index (κ1) is 33.3. The number of nitrogens with one attached hydrogen (secondary N) is 3. The number of aromatic amines is 3. The summed E-state index contributed by atoms with van der Waals surface area (Å²) in [6, 6.07) is 14.0. The van der Waals surface area contributed by atoms with E-state index in [9.17, 15) is 19.7 Å². The molecule has 12 nitrogen and oxygen atoms in total. The number of nitro groups is 1. The van der Waals surface area contributed by atoms with E-state index in [-0.39, 0.29) is 18.5 Å². The number of carbonyl (C=O) groups is 2. The minimum absolute atomic E-state index is 0.0173. The van der Waals surface area contributed by atoms with Crippen molar-refractivity contribution in [2.45, 2.75) is 24.9 Å². The van der Waals surface area contributed by atoms with E-state index in [0.717, 1.165) is 32.4 Å². The Bertz CT molecular complexity index is 2000. The zero-order valence-corrected chi connectivity index (χ0v) is 25.5. The van der Waals surface area contributed by atoms with Crippen LogP contribution in [0.4, 0.5) is 5.69 Å². The molecule has 0 bridgehead atoms. The molecule has 0 aliphatic heterocycles. The summed E-state index contributed by atoms with van der Waals surface area (Å²) < 4.78 is 0. The fourth-order valence-electron chi connectivity index (χ4n) is 4.62. The van der Waals surface area contributed by atoms with Crippen LogP contribution in [0, 0.1) is 10.1 Å². The van der Waals surface area contributed by atoms with Crippen molar-refractivity contribution in [2.75, 3.05) is 0 Å². The highest BCUT2D eigenvalue weighted by Crippen LogP contribution is 2.34. The first-order chi connectivity index (χ1) is 21.4. The molecule has 0 saturated heterocycles. The Hall–Kier alpha value is -4.59. The molecule has 9 N–H and O–H groups in total. The van der Waals surface area contributed by atoms with E-state index >= 15 is 0 Å². The molecule has 0 fully saturated rings. The zero-order valence-electron chi connectivity index (χ0n) is 23.3. The summed E-state index contributed by atoms with van der Waals surface area (Å²) in [5.41, 5.74) is 14.4. The predicted octanol–water partition coefficient (Wildman–Crippen LogP) is 6.28. The standard InChI is InChI=1S/C11H10ClN3O4.C11H11ClN2O2.C8H6ClN/c12-6-1-2-8(15(18)19)9-5(4-14-10(6)9)3-7(13)11(16)17;12-8-3-1-2-7-6(5-14-10(7)8)4-9(13)11(15)16;9-7-3-1-2-6-4-5-10-8(6)7/h1-2,4,7,14H,3,13H2,(H,16,17);1-3,5,9,14H,4,13H2,(H,15,16);1-5,10H/t7-;9-;/m00./s1. The van der Waals surface area contributed by atoms with E-state index in [1.54, 1.807) is 12.3 Å². The number of hydrogen-bond acceptors (Lipinski definition) is 6. The van der Waals surface area contributed by atoms with Gasteiger partial charge in [-0.1, -0.05) is 59.1 Å². The van der Waals surface area contributed by atoms with Crippen molar-refractivity contribution >= 4 is 85.1 Å². The first-order valence-electron chi connectivity index (χ1n) is 13.2. The fraction of sp³-hybridized carbons (Fsp3) is 0.133. The highest BCUT2D eigenvalue weighted by Gasteiger charge is 2.22. The first-order valence-corrected chi connectivity index (χ1v) is 14.4. The predicted molar refractivity (Wildman–Crippen MR) is 175 cm³/mol. The highest BCUT2D eigenvalue weighted by atomic mass is 35.5. The van der Waals surface area contributed by atoms with Gasteiger partial charge in [-0.2, -0.15) is 0 Å². The molecule has 3 aromatic heterocycles. The molecule has 0 spiro atoms. The van der Waals surface area contributed by atoms with E-state index in [1.807, 2.05) is 42.6 Å². The van der Waals surface area contributed by atoms with Crippen LogP contribution in [0.1, 0.15) is 11.1 Å². The SMILES string of the molecule is Clc1cccc2cc[nH]c12.N[C@@H](Cc1c[nH]c2c(Cl)ccc([N+](=O)[O-])c12)C(=O)O.N[C@@H](Cc1c[nH]c2c(Cl)cccc12)C(=O)O. The Labute approximate surface area is 270 Å². The Morgan fingerprint density at radius 3 is 1.93 bits per heavy atom. The van der Waals surface area contributed by atoms with Crippen molar-refractivity contribution in [3.05, 3.63) is 109 Å². The second kappa shape index (κ2) is 14.5. The molecule has 0 radical (unpaired) electrons. The molecule has 234 valence electrons. The minimum Gasteiger partial charge on any atom is -0.480 e. The number of H-pyrrole nitrogens is 3. The maximum atomic E-state index is 11.0. The van der Waals surface area contributed by atoms with Crippen LogP contribution in [-0.2, 0) is 22.4 Å². The summed E-state index contributed by atoms with van der Waals surface area (Å²) in [5.74, 6) is -2.17. The quantitative estimate of drug-likeness (QED) is 0.0753. The van der Waals surface area contributed by atoms with Gasteiger partial charge in [0.1, 0.15) is 12.1 Å². The number of para-hydroxylation sites is 2. The molecule has 0 unspecified atom stereocenters. The molecule has 0 amide bonds. The van der Waals surface area contributed by atoms with Gasteiger partial charge in [0.2, 0.25) is 0 Å². The molecule has 15 heteroatoms. The monoisotopic (exact) mass is 672 g/mol. The van der Waals surface area contributed by atoms with Crippen LogP contribution < -0.4 is 11.5 Å². The van der Waals surface area contributed by atoms with Crippen molar-refractivity contribution in [1.82, 2.24) is 15.0 Å². The normalized spacial score (nSPS) is 12.2. The van der Waals surface area contributed by atoms with Crippen LogP contribution in [0.25, 0.3) is 32.7 Å². The van der Waals surface area contributed by atoms with E-state index < -0.39 is 28.9 Å². The number of aromatic nitrogens is 3. The van der Waals surface area contributed by atoms with Crippen LogP contribution in [0.3, 0.4) is 0 Å². The van der Waals surface area contributed by atoms with Crippen LogP contribution in [-0.4, -0.2) is 54.1 Å². The molecule has 6 aromatic rings. The van der Waals surface area contributed by atoms with Gasteiger partial charge >= 0.3 is 11.9 Å². The van der Waals surface area contributed by atoms with Gasteiger partial charge in [-0.15, -0.1) is 0 Å². The summed E-state index contributed by atoms with van der Waals surface area (Å²) >= 11 is 17.8. The Kier molecular flexibility index (Phi) is 10.7. The van der Waals surface area contributed by atoms with Gasteiger partial charge in [0, 0.05) is 48.3 Å². The summed E-state index contributed by atoms with van der Waals surface area (Å²) in [7, 11) is 0. The summed E-state index contributed by atoms with van der Waals surface area (Å²) in [6.45, 7) is 0. The maximum Gasteiger partial charge on any atom is 0.320 e. The summed E-state index contributed by atoms with van der Waals surface area (Å²) in [6.07, 6.45) is 5.40. The Morgan fingerprint density at radius 2 is 1.31 bits per heavy atom. The lowest BCUT2D eigenvalue weighted by molar-refractivity contribution is -0.383. The lowest BCUT2D eigenvalue weighted by Crippen LogP contribution is -2.32. The fourth-order valence-corrected chi connectivity index (χ4v) is 5.29. The van der Waals surface area contributed by atoms with Gasteiger partial charge in [0.05, 0.1) is 41.9 Å². The van der Waals surface area contributed by atoms with E-state index in [2.05, 4.69) is 15.0 Å². The van der Waals surface area contributed by atoms with Gasteiger partial charge in [0.25, 0.3) is 5.69 Å². The third-order valence-corrected chi connectivity index (χ3v) is 7.79. The van der Waals surface area contributed by atoms with Gasteiger partial charge in [0.15, 0.2) is 0 Å². The van der Waals surface area contributed by atoms with Crippen LogP contribution in [0.5, 0.6) is 0 Å². The van der Waals surface area contributed by atoms with Crippen molar-refractivity contribution in [3.8, 4) is 0 Å². The molecule has 3 aromatic carbocycles. The van der Waals surface area contributed by atoms with Gasteiger partial charge in [-0.05, 0) is 35.4 Å². The number of non-ortho nitro benzene ring substituents is 1. The van der Waals surface area contributed by atoms with Gasteiger partial charge in [-0.25, -0.2) is 0 Å². The molecule has 0 aliphatic rings. The van der Waals surface area contributed by atoms with Gasteiger partial charge in [-0.3, -0.25) is 19.7 Å². The van der Waals surface area contributed by atoms with Crippen molar-refractivity contribution < 1.29 is 24.7 Å². The molecule has 3 heterocycles. The summed E-state index contributed by atoms with van der Waals surface area (Å²) in [4.78, 5) is 40.8. The van der Waals surface area contributed by atoms with Crippen LogP contribution in [0.2, 0.25) is 15.1 Å². The van der Waals surface area contributed by atoms with Crippen molar-refractivity contribution in [1.29, 1.82) is 0 Å². The molecular formula is C30H27Cl3N6O6. The summed E-state index contributed by atoms with van der Waals surface area (Å²) in [5, 5.41) is 32.6. The second-order valence-electron chi connectivity index (χ2n) is 9.84. The number of nitrogens with zero attached hydrogens (tertiary/aromatic N) is 1. The van der Waals surface area contributed by atoms with Crippen molar-refractivity contribution in [2.24, 2.45) is 11.5 Å². The number of fused-ring (bicyclic) bond motifs is 3. The van der Waals surface area contributed by atoms with Gasteiger partial charge < -0.3 is 36.6 Å². The lowest BCUT2D eigenvalue weighted by Gasteiger charge is -2.05. The smallest absolute Gasteiger partial charge is 0.320 e. The number of rotatable bonds is 7. The highest BCUT2D eigenvalue weighted by molar-refractivity contribution is 6.36. The molecule has 6 rings (SSSR count). The van der Waals surface area contributed by atoms with E-state index in [0.29, 0.717) is 26.5 Å². The molecular weight excluding hydrogens is 647 g/mol. The average molecular weight is 674 g/mol. The Balaban J connectivity index is 0.000000160. The number of benzene rings is 3. The largest absolute Gasteiger partial charge is 0.480 e. The van der Waals surface area contributed by atoms with Crippen LogP contribution >= 0.6 is 34.8 Å². The topological polar surface area (TPSA) is 217 Å². The Morgan fingerprint density at radius 1 is 0.756 bits per heavy atom. The average Bonchev–Trinajstić information content (AvgIpc) is 3.74. The number of nitro benzene ring substituents is 1. The van der Waals surface area contributed by atoms with Crippen molar-refractivity contribution in [3.63, 3.8) is 0 Å². The number of halogens is 3. The second-order valence-corrected chi connectivity index (χ2v) is 11.1.